The number of hydrogen-bond donors (Lipinski definition) is 2. The Balaban J connectivity index is 1.55. The number of methoxy groups -OCH3 is 1. The summed E-state index contributed by atoms with van der Waals surface area (Å²) in [5, 5.41) is 11.7. The van der Waals surface area contributed by atoms with Crippen LogP contribution in [0.5, 0.6) is 5.75 Å². The van der Waals surface area contributed by atoms with Crippen LogP contribution in [0, 0.1) is 19.3 Å². The molecule has 0 aliphatic carbocycles. The molecule has 154 valence electrons. The first-order valence-corrected chi connectivity index (χ1v) is 10.6. The number of aliphatic hydroxyl groups is 1. The monoisotopic (exact) mass is 392 g/mol. The zero-order valence-corrected chi connectivity index (χ0v) is 17.8. The highest BCUT2D eigenvalue weighted by molar-refractivity contribution is 5.85. The summed E-state index contributed by atoms with van der Waals surface area (Å²) in [6.45, 7) is 7.46. The van der Waals surface area contributed by atoms with Crippen LogP contribution in [0.25, 0.3) is 10.9 Å². The number of likely N-dealkylation sites (tertiary alicyclic amines) is 1. The van der Waals surface area contributed by atoms with Gasteiger partial charge in [0.15, 0.2) is 0 Å². The third-order valence-corrected chi connectivity index (χ3v) is 6.45. The number of fused-ring (bicyclic) bond motifs is 1. The highest BCUT2D eigenvalue weighted by atomic mass is 16.5. The molecule has 2 heterocycles. The van der Waals surface area contributed by atoms with Gasteiger partial charge < -0.3 is 14.8 Å². The van der Waals surface area contributed by atoms with Gasteiger partial charge in [0.2, 0.25) is 0 Å². The van der Waals surface area contributed by atoms with Gasteiger partial charge in [0.05, 0.1) is 13.7 Å². The first kappa shape index (κ1) is 20.0. The Hall–Kier alpha value is -2.30. The van der Waals surface area contributed by atoms with Crippen LogP contribution in [0.3, 0.4) is 0 Å². The van der Waals surface area contributed by atoms with E-state index in [2.05, 4.69) is 54.1 Å². The second kappa shape index (κ2) is 8.21. The standard InChI is InChI=1S/C25H32N2O2/c1-18-8-9-24-22(12-18)23(19(2)26-24)15-27-11-5-10-25(16-27,17-28)14-20-6-4-7-21(13-20)29-3/h4,6-9,12-13,26,28H,5,10-11,14-17H2,1-3H3/t25-/m0/s1. The second-order valence-electron chi connectivity index (χ2n) is 8.78. The van der Waals surface area contributed by atoms with E-state index in [4.69, 9.17) is 4.74 Å². The molecule has 4 heteroatoms. The topological polar surface area (TPSA) is 48.5 Å². The van der Waals surface area contributed by atoms with Crippen molar-refractivity contribution in [3.63, 3.8) is 0 Å². The van der Waals surface area contributed by atoms with Gasteiger partial charge in [-0.05, 0) is 75.0 Å². The van der Waals surface area contributed by atoms with Crippen molar-refractivity contribution in [2.75, 3.05) is 26.8 Å². The Kier molecular flexibility index (Phi) is 5.66. The van der Waals surface area contributed by atoms with Crippen molar-refractivity contribution in [2.45, 2.75) is 39.7 Å². The van der Waals surface area contributed by atoms with Crippen molar-refractivity contribution in [3.05, 3.63) is 64.8 Å². The molecule has 0 bridgehead atoms. The molecule has 29 heavy (non-hydrogen) atoms. The van der Waals surface area contributed by atoms with Gasteiger partial charge in [-0.2, -0.15) is 0 Å². The van der Waals surface area contributed by atoms with Gasteiger partial charge in [0.25, 0.3) is 0 Å². The Bertz CT molecular complexity index is 994. The van der Waals surface area contributed by atoms with Crippen LogP contribution in [0.15, 0.2) is 42.5 Å². The van der Waals surface area contributed by atoms with E-state index in [1.165, 1.54) is 33.3 Å². The predicted octanol–water partition coefficient (Wildman–Crippen LogP) is 4.61. The van der Waals surface area contributed by atoms with Crippen molar-refractivity contribution < 1.29 is 9.84 Å². The van der Waals surface area contributed by atoms with E-state index in [9.17, 15) is 5.11 Å². The van der Waals surface area contributed by atoms with Crippen molar-refractivity contribution in [3.8, 4) is 5.75 Å². The molecule has 1 fully saturated rings. The molecule has 2 N–H and O–H groups in total. The lowest BCUT2D eigenvalue weighted by Gasteiger charge is -2.42. The Morgan fingerprint density at radius 3 is 2.83 bits per heavy atom. The van der Waals surface area contributed by atoms with E-state index in [0.717, 1.165) is 44.6 Å². The first-order chi connectivity index (χ1) is 14.0. The minimum atomic E-state index is -0.0967. The zero-order chi connectivity index (χ0) is 20.4. The highest BCUT2D eigenvalue weighted by Crippen LogP contribution is 2.35. The number of aromatic amines is 1. The van der Waals surface area contributed by atoms with Crippen LogP contribution >= 0.6 is 0 Å². The van der Waals surface area contributed by atoms with E-state index in [-0.39, 0.29) is 12.0 Å². The summed E-state index contributed by atoms with van der Waals surface area (Å²) in [5.74, 6) is 0.882. The largest absolute Gasteiger partial charge is 0.497 e. The zero-order valence-electron chi connectivity index (χ0n) is 17.8. The fourth-order valence-corrected chi connectivity index (χ4v) is 4.91. The number of piperidine rings is 1. The van der Waals surface area contributed by atoms with E-state index in [1.807, 2.05) is 12.1 Å². The van der Waals surface area contributed by atoms with Gasteiger partial charge in [-0.25, -0.2) is 0 Å². The van der Waals surface area contributed by atoms with E-state index >= 15 is 0 Å². The SMILES string of the molecule is COc1cccc(C[C@@]2(CO)CCCN(Cc3c(C)[nH]c4ccc(C)cc34)C2)c1. The van der Waals surface area contributed by atoms with Gasteiger partial charge in [-0.3, -0.25) is 4.90 Å². The normalized spacial score (nSPS) is 20.3. The van der Waals surface area contributed by atoms with Crippen molar-refractivity contribution in [1.29, 1.82) is 0 Å². The maximum absolute atomic E-state index is 10.4. The minimum absolute atomic E-state index is 0.0967. The van der Waals surface area contributed by atoms with Crippen molar-refractivity contribution in [1.82, 2.24) is 9.88 Å². The average Bonchev–Trinajstić information content (AvgIpc) is 3.03. The molecule has 1 aliphatic heterocycles. The predicted molar refractivity (Wildman–Crippen MR) is 119 cm³/mol. The molecular weight excluding hydrogens is 360 g/mol. The van der Waals surface area contributed by atoms with Gasteiger partial charge in [-0.15, -0.1) is 0 Å². The molecule has 0 spiro atoms. The summed E-state index contributed by atoms with van der Waals surface area (Å²) in [7, 11) is 1.70. The van der Waals surface area contributed by atoms with Gasteiger partial charge in [-0.1, -0.05) is 23.8 Å². The lowest BCUT2D eigenvalue weighted by molar-refractivity contribution is 0.0289. The van der Waals surface area contributed by atoms with Gasteiger partial charge in [0.1, 0.15) is 5.75 Å². The number of aromatic nitrogens is 1. The molecule has 4 rings (SSSR count). The summed E-state index contributed by atoms with van der Waals surface area (Å²) in [6.07, 6.45) is 3.05. The minimum Gasteiger partial charge on any atom is -0.497 e. The molecule has 0 unspecified atom stereocenters. The summed E-state index contributed by atoms with van der Waals surface area (Å²) in [6, 6.07) is 14.9. The highest BCUT2D eigenvalue weighted by Gasteiger charge is 2.35. The first-order valence-electron chi connectivity index (χ1n) is 10.6. The Morgan fingerprint density at radius 1 is 1.17 bits per heavy atom. The molecule has 0 saturated carbocycles. The number of aryl methyl sites for hydroxylation is 2. The number of nitrogens with one attached hydrogen (secondary N) is 1. The fraction of sp³-hybridized carbons (Fsp3) is 0.440. The summed E-state index contributed by atoms with van der Waals surface area (Å²) >= 11 is 0. The van der Waals surface area contributed by atoms with Gasteiger partial charge >= 0.3 is 0 Å². The number of ether oxygens (including phenoxy) is 1. The number of aliphatic hydroxyl groups excluding tert-OH is 1. The molecule has 3 aromatic rings. The summed E-state index contributed by atoms with van der Waals surface area (Å²) in [5.41, 5.74) is 6.28. The molecule has 2 aromatic carbocycles. The summed E-state index contributed by atoms with van der Waals surface area (Å²) in [4.78, 5) is 6.07. The van der Waals surface area contributed by atoms with Crippen LogP contribution in [-0.2, 0) is 13.0 Å². The summed E-state index contributed by atoms with van der Waals surface area (Å²) < 4.78 is 5.39. The lowest BCUT2D eigenvalue weighted by Crippen LogP contribution is -2.46. The number of H-pyrrole nitrogens is 1. The van der Waals surface area contributed by atoms with E-state index < -0.39 is 0 Å². The second-order valence-corrected chi connectivity index (χ2v) is 8.78. The molecule has 1 aromatic heterocycles. The average molecular weight is 393 g/mol. The third kappa shape index (κ3) is 4.19. The number of hydrogen-bond acceptors (Lipinski definition) is 3. The quantitative estimate of drug-likeness (QED) is 0.644. The van der Waals surface area contributed by atoms with Crippen LogP contribution < -0.4 is 4.74 Å². The van der Waals surface area contributed by atoms with Gasteiger partial charge in [0, 0.05) is 35.1 Å². The van der Waals surface area contributed by atoms with Crippen LogP contribution in [0.1, 0.15) is 35.2 Å². The van der Waals surface area contributed by atoms with Crippen molar-refractivity contribution >= 4 is 10.9 Å². The molecule has 0 radical (unpaired) electrons. The Labute approximate surface area is 173 Å². The molecule has 0 amide bonds. The number of nitrogens with zero attached hydrogens (tertiary/aromatic N) is 1. The van der Waals surface area contributed by atoms with E-state index in [0.29, 0.717) is 0 Å². The molecular formula is C25H32N2O2. The third-order valence-electron chi connectivity index (χ3n) is 6.45. The van der Waals surface area contributed by atoms with E-state index in [1.54, 1.807) is 7.11 Å². The lowest BCUT2D eigenvalue weighted by atomic mass is 9.75. The molecule has 4 nitrogen and oxygen atoms in total. The number of benzene rings is 2. The van der Waals surface area contributed by atoms with Crippen LogP contribution in [-0.4, -0.2) is 41.8 Å². The van der Waals surface area contributed by atoms with Crippen LogP contribution in [0.4, 0.5) is 0 Å². The maximum Gasteiger partial charge on any atom is 0.119 e. The Morgan fingerprint density at radius 2 is 2.03 bits per heavy atom. The molecule has 1 aliphatic rings. The van der Waals surface area contributed by atoms with Crippen LogP contribution in [0.2, 0.25) is 0 Å². The molecule has 1 atom stereocenters. The fourth-order valence-electron chi connectivity index (χ4n) is 4.91. The number of rotatable bonds is 6. The van der Waals surface area contributed by atoms with Crippen molar-refractivity contribution in [2.24, 2.45) is 5.41 Å². The smallest absolute Gasteiger partial charge is 0.119 e. The molecule has 1 saturated heterocycles. The maximum atomic E-state index is 10.4.